The summed E-state index contributed by atoms with van der Waals surface area (Å²) in [6, 6.07) is 6.62. The van der Waals surface area contributed by atoms with Crippen molar-refractivity contribution in [2.24, 2.45) is 11.7 Å². The van der Waals surface area contributed by atoms with E-state index in [9.17, 15) is 0 Å². The van der Waals surface area contributed by atoms with Crippen LogP contribution in [-0.4, -0.2) is 12.7 Å². The Bertz CT molecular complexity index is 433. The maximum absolute atomic E-state index is 6.44. The Kier molecular flexibility index (Phi) is 3.37. The molecule has 1 aromatic carbocycles. The highest BCUT2D eigenvalue weighted by atomic mass is 16.5. The van der Waals surface area contributed by atoms with Gasteiger partial charge in [-0.15, -0.1) is 0 Å². The molecule has 0 amide bonds. The zero-order valence-corrected chi connectivity index (χ0v) is 10.9. The lowest BCUT2D eigenvalue weighted by molar-refractivity contribution is 0.0813. The summed E-state index contributed by atoms with van der Waals surface area (Å²) in [5.41, 5.74) is 10.3. The second-order valence-electron chi connectivity index (χ2n) is 5.32. The smallest absolute Gasteiger partial charge is 0.0725 e. The number of nitrogens with two attached hydrogens (primary N) is 1. The lowest BCUT2D eigenvalue weighted by Gasteiger charge is -2.24. The minimum atomic E-state index is 0.0864. The zero-order chi connectivity index (χ0) is 12.5. The summed E-state index contributed by atoms with van der Waals surface area (Å²) in [7, 11) is 0. The third kappa shape index (κ3) is 2.07. The molecule has 3 nitrogen and oxygen atoms in total. The van der Waals surface area contributed by atoms with Crippen LogP contribution in [0.5, 0.6) is 0 Å². The average Bonchev–Trinajstić information content (AvgIpc) is 3.05. The number of ether oxygens (including phenoxy) is 2. The lowest BCUT2D eigenvalue weighted by atomic mass is 9.86. The van der Waals surface area contributed by atoms with Crippen LogP contribution in [0.1, 0.15) is 42.5 Å². The molecule has 0 bridgehead atoms. The minimum absolute atomic E-state index is 0.0864. The van der Waals surface area contributed by atoms with Crippen LogP contribution in [0.2, 0.25) is 0 Å². The normalized spacial score (nSPS) is 28.3. The van der Waals surface area contributed by atoms with E-state index < -0.39 is 0 Å². The molecule has 0 spiro atoms. The van der Waals surface area contributed by atoms with E-state index in [4.69, 9.17) is 15.2 Å². The van der Waals surface area contributed by atoms with E-state index in [0.29, 0.717) is 12.0 Å². The van der Waals surface area contributed by atoms with Crippen LogP contribution in [0.15, 0.2) is 18.2 Å². The molecule has 2 heterocycles. The van der Waals surface area contributed by atoms with Crippen LogP contribution in [0.25, 0.3) is 0 Å². The number of rotatable bonds is 3. The van der Waals surface area contributed by atoms with Gasteiger partial charge in [-0.05, 0) is 29.5 Å². The summed E-state index contributed by atoms with van der Waals surface area (Å²) in [6.45, 7) is 4.50. The first-order valence-electron chi connectivity index (χ1n) is 6.86. The van der Waals surface area contributed by atoms with Gasteiger partial charge < -0.3 is 15.2 Å². The molecule has 2 N–H and O–H groups in total. The van der Waals surface area contributed by atoms with Crippen LogP contribution in [0, 0.1) is 5.92 Å². The highest BCUT2D eigenvalue weighted by Gasteiger charge is 2.32. The van der Waals surface area contributed by atoms with Crippen molar-refractivity contribution in [2.45, 2.75) is 45.1 Å². The molecule has 1 saturated heterocycles. The standard InChI is InChI=1S/C15H21NO2/c1-2-14-13(5-6-18-14)15(16)10-3-4-11-8-17-9-12(11)7-10/h3-4,7,13-15H,2,5-6,8-9,16H2,1H3. The van der Waals surface area contributed by atoms with E-state index in [1.54, 1.807) is 0 Å². The Morgan fingerprint density at radius 3 is 3.00 bits per heavy atom. The van der Waals surface area contributed by atoms with Crippen LogP contribution in [0.3, 0.4) is 0 Å². The Hall–Kier alpha value is -0.900. The van der Waals surface area contributed by atoms with Gasteiger partial charge in [0.25, 0.3) is 0 Å². The molecule has 1 fully saturated rings. The van der Waals surface area contributed by atoms with Gasteiger partial charge in [0.15, 0.2) is 0 Å². The van der Waals surface area contributed by atoms with E-state index in [2.05, 4.69) is 25.1 Å². The Balaban J connectivity index is 1.81. The molecule has 1 aromatic rings. The first-order valence-corrected chi connectivity index (χ1v) is 6.86. The van der Waals surface area contributed by atoms with E-state index >= 15 is 0 Å². The van der Waals surface area contributed by atoms with Gasteiger partial charge in [0.2, 0.25) is 0 Å². The Labute approximate surface area is 108 Å². The first-order chi connectivity index (χ1) is 8.79. The van der Waals surface area contributed by atoms with Crippen molar-refractivity contribution in [1.29, 1.82) is 0 Å². The lowest BCUT2D eigenvalue weighted by Crippen LogP contribution is -2.28. The predicted molar refractivity (Wildman–Crippen MR) is 70.0 cm³/mol. The average molecular weight is 247 g/mol. The number of hydrogen-bond donors (Lipinski definition) is 1. The van der Waals surface area contributed by atoms with E-state index in [-0.39, 0.29) is 6.04 Å². The topological polar surface area (TPSA) is 44.5 Å². The van der Waals surface area contributed by atoms with Gasteiger partial charge in [-0.1, -0.05) is 25.1 Å². The SMILES string of the molecule is CCC1OCCC1C(N)c1ccc2c(c1)COC2. The molecule has 18 heavy (non-hydrogen) atoms. The van der Waals surface area contributed by atoms with Gasteiger partial charge in [-0.3, -0.25) is 0 Å². The fourth-order valence-corrected chi connectivity index (χ4v) is 3.14. The summed E-state index contributed by atoms with van der Waals surface area (Å²) >= 11 is 0. The number of benzene rings is 1. The Morgan fingerprint density at radius 2 is 2.17 bits per heavy atom. The fourth-order valence-electron chi connectivity index (χ4n) is 3.14. The van der Waals surface area contributed by atoms with Crippen LogP contribution < -0.4 is 5.73 Å². The molecule has 98 valence electrons. The van der Waals surface area contributed by atoms with Crippen molar-refractivity contribution in [2.75, 3.05) is 6.61 Å². The Morgan fingerprint density at radius 1 is 1.33 bits per heavy atom. The van der Waals surface area contributed by atoms with E-state index in [0.717, 1.165) is 32.7 Å². The molecule has 0 aliphatic carbocycles. The number of fused-ring (bicyclic) bond motifs is 1. The van der Waals surface area contributed by atoms with Crippen molar-refractivity contribution in [3.05, 3.63) is 34.9 Å². The molecule has 3 heteroatoms. The molecule has 3 rings (SSSR count). The molecular weight excluding hydrogens is 226 g/mol. The van der Waals surface area contributed by atoms with Gasteiger partial charge in [0, 0.05) is 18.6 Å². The molecule has 0 saturated carbocycles. The van der Waals surface area contributed by atoms with Gasteiger partial charge in [0.05, 0.1) is 19.3 Å². The maximum Gasteiger partial charge on any atom is 0.0725 e. The molecular formula is C15H21NO2. The highest BCUT2D eigenvalue weighted by Crippen LogP contribution is 2.34. The van der Waals surface area contributed by atoms with Gasteiger partial charge in [0.1, 0.15) is 0 Å². The van der Waals surface area contributed by atoms with Gasteiger partial charge in [-0.2, -0.15) is 0 Å². The predicted octanol–water partition coefficient (Wildman–Crippen LogP) is 2.53. The van der Waals surface area contributed by atoms with E-state index in [1.807, 2.05) is 0 Å². The third-order valence-corrected chi connectivity index (χ3v) is 4.25. The summed E-state index contributed by atoms with van der Waals surface area (Å²) < 4.78 is 11.2. The van der Waals surface area contributed by atoms with Crippen molar-refractivity contribution < 1.29 is 9.47 Å². The third-order valence-electron chi connectivity index (χ3n) is 4.25. The van der Waals surface area contributed by atoms with Crippen molar-refractivity contribution in [3.63, 3.8) is 0 Å². The summed E-state index contributed by atoms with van der Waals surface area (Å²) in [6.07, 6.45) is 2.45. The monoisotopic (exact) mass is 247 g/mol. The molecule has 3 atom stereocenters. The van der Waals surface area contributed by atoms with Crippen LogP contribution >= 0.6 is 0 Å². The van der Waals surface area contributed by atoms with Gasteiger partial charge in [-0.25, -0.2) is 0 Å². The van der Waals surface area contributed by atoms with Crippen molar-refractivity contribution >= 4 is 0 Å². The van der Waals surface area contributed by atoms with Gasteiger partial charge >= 0.3 is 0 Å². The van der Waals surface area contributed by atoms with Crippen molar-refractivity contribution in [3.8, 4) is 0 Å². The molecule has 2 aliphatic rings. The molecule has 0 radical (unpaired) electrons. The summed E-state index contributed by atoms with van der Waals surface area (Å²) in [4.78, 5) is 0. The zero-order valence-electron chi connectivity index (χ0n) is 10.9. The largest absolute Gasteiger partial charge is 0.378 e. The summed E-state index contributed by atoms with van der Waals surface area (Å²) in [5, 5.41) is 0. The second kappa shape index (κ2) is 5.00. The fraction of sp³-hybridized carbons (Fsp3) is 0.600. The molecule has 0 aromatic heterocycles. The van der Waals surface area contributed by atoms with Crippen molar-refractivity contribution in [1.82, 2.24) is 0 Å². The molecule has 3 unspecified atom stereocenters. The summed E-state index contributed by atoms with van der Waals surface area (Å²) in [5.74, 6) is 0.454. The van der Waals surface area contributed by atoms with E-state index in [1.165, 1.54) is 16.7 Å². The van der Waals surface area contributed by atoms with Crippen LogP contribution in [-0.2, 0) is 22.7 Å². The quantitative estimate of drug-likeness (QED) is 0.892. The maximum atomic E-state index is 6.44. The first kappa shape index (κ1) is 12.2. The van der Waals surface area contributed by atoms with Crippen LogP contribution in [0.4, 0.5) is 0 Å². The number of hydrogen-bond acceptors (Lipinski definition) is 3. The second-order valence-corrected chi connectivity index (χ2v) is 5.32. The molecule has 2 aliphatic heterocycles. The minimum Gasteiger partial charge on any atom is -0.378 e. The highest BCUT2D eigenvalue weighted by molar-refractivity contribution is 5.35.